The van der Waals surface area contributed by atoms with E-state index in [1.807, 2.05) is 0 Å². The highest BCUT2D eigenvalue weighted by atomic mass is 16.3. The van der Waals surface area contributed by atoms with Gasteiger partial charge in [0.05, 0.1) is 12.1 Å². The smallest absolute Gasteiger partial charge is 0.242 e. The summed E-state index contributed by atoms with van der Waals surface area (Å²) >= 11 is 0. The second-order valence-corrected chi connectivity index (χ2v) is 3.90. The Morgan fingerprint density at radius 3 is 2.00 bits per heavy atom. The van der Waals surface area contributed by atoms with E-state index in [4.69, 9.17) is 11.5 Å². The lowest BCUT2D eigenvalue weighted by molar-refractivity contribution is -0.130. The molecule has 0 aromatic carbocycles. The van der Waals surface area contributed by atoms with Crippen molar-refractivity contribution in [1.29, 1.82) is 0 Å². The molecule has 0 aromatic rings. The van der Waals surface area contributed by atoms with Crippen LogP contribution in [0.4, 0.5) is 0 Å². The van der Waals surface area contributed by atoms with Crippen LogP contribution < -0.4 is 16.8 Å². The number of primary amides is 1. The van der Waals surface area contributed by atoms with E-state index in [2.05, 4.69) is 5.32 Å². The minimum Gasteiger partial charge on any atom is -0.391 e. The lowest BCUT2D eigenvalue weighted by Crippen LogP contribution is -2.55. The van der Waals surface area contributed by atoms with Crippen LogP contribution in [0.5, 0.6) is 0 Å². The zero-order valence-electron chi connectivity index (χ0n) is 9.23. The fourth-order valence-corrected chi connectivity index (χ4v) is 0.982. The number of hydrogen-bond acceptors (Lipinski definition) is 4. The van der Waals surface area contributed by atoms with Crippen LogP contribution in [0.25, 0.3) is 0 Å². The average Bonchev–Trinajstić information content (AvgIpc) is 2.11. The third kappa shape index (κ3) is 4.26. The average molecular weight is 217 g/mol. The van der Waals surface area contributed by atoms with E-state index in [9.17, 15) is 14.7 Å². The summed E-state index contributed by atoms with van der Waals surface area (Å²) in [7, 11) is 0. The van der Waals surface area contributed by atoms with Gasteiger partial charge in [-0.2, -0.15) is 0 Å². The van der Waals surface area contributed by atoms with Gasteiger partial charge in [-0.3, -0.25) is 9.59 Å². The van der Waals surface area contributed by atoms with Crippen molar-refractivity contribution in [2.75, 3.05) is 0 Å². The van der Waals surface area contributed by atoms with Gasteiger partial charge in [0, 0.05) is 0 Å². The van der Waals surface area contributed by atoms with Gasteiger partial charge in [0.2, 0.25) is 11.8 Å². The summed E-state index contributed by atoms with van der Waals surface area (Å²) in [6.07, 6.45) is -1.04. The summed E-state index contributed by atoms with van der Waals surface area (Å²) in [4.78, 5) is 22.3. The number of carbonyl (C=O) groups is 2. The van der Waals surface area contributed by atoms with Gasteiger partial charge in [0.1, 0.15) is 6.04 Å². The molecule has 0 heterocycles. The molecule has 0 aliphatic heterocycles. The monoisotopic (exact) mass is 217 g/mol. The molecule has 0 aromatic heterocycles. The van der Waals surface area contributed by atoms with Gasteiger partial charge >= 0.3 is 0 Å². The first-order valence-corrected chi connectivity index (χ1v) is 4.80. The third-order valence-electron chi connectivity index (χ3n) is 2.11. The van der Waals surface area contributed by atoms with Crippen molar-refractivity contribution < 1.29 is 14.7 Å². The van der Waals surface area contributed by atoms with Crippen LogP contribution in [0.3, 0.4) is 0 Å². The second kappa shape index (κ2) is 5.67. The van der Waals surface area contributed by atoms with E-state index in [1.54, 1.807) is 13.8 Å². The number of aliphatic hydroxyl groups excluding tert-OH is 1. The maximum Gasteiger partial charge on any atom is 0.242 e. The molecule has 0 saturated heterocycles. The van der Waals surface area contributed by atoms with Crippen LogP contribution in [0, 0.1) is 5.92 Å². The molecule has 0 aliphatic carbocycles. The summed E-state index contributed by atoms with van der Waals surface area (Å²) in [5, 5.41) is 11.5. The summed E-state index contributed by atoms with van der Waals surface area (Å²) in [5.41, 5.74) is 10.6. The molecular formula is C9H19N3O3. The molecule has 6 nitrogen and oxygen atoms in total. The lowest BCUT2D eigenvalue weighted by atomic mass is 10.0. The van der Waals surface area contributed by atoms with E-state index >= 15 is 0 Å². The van der Waals surface area contributed by atoms with Crippen LogP contribution in [0.1, 0.15) is 20.8 Å². The molecule has 6 N–H and O–H groups in total. The molecule has 0 spiro atoms. The van der Waals surface area contributed by atoms with Gasteiger partial charge in [-0.05, 0) is 12.8 Å². The Morgan fingerprint density at radius 1 is 1.27 bits per heavy atom. The minimum absolute atomic E-state index is 0.0486. The highest BCUT2D eigenvalue weighted by Crippen LogP contribution is 2.00. The Balaban J connectivity index is 4.43. The van der Waals surface area contributed by atoms with Crippen LogP contribution in [0.15, 0.2) is 0 Å². The Kier molecular flexibility index (Phi) is 5.24. The van der Waals surface area contributed by atoms with Crippen LogP contribution in [-0.4, -0.2) is 35.1 Å². The van der Waals surface area contributed by atoms with E-state index in [1.165, 1.54) is 6.92 Å². The molecule has 0 saturated carbocycles. The molecule has 2 amide bonds. The number of aliphatic hydroxyl groups is 1. The quantitative estimate of drug-likeness (QED) is 0.440. The maximum atomic E-state index is 11.4. The molecule has 0 aliphatic rings. The van der Waals surface area contributed by atoms with Crippen molar-refractivity contribution in [1.82, 2.24) is 5.32 Å². The molecule has 88 valence electrons. The van der Waals surface area contributed by atoms with Crippen molar-refractivity contribution in [2.24, 2.45) is 17.4 Å². The lowest BCUT2D eigenvalue weighted by Gasteiger charge is -2.21. The number of nitrogens with two attached hydrogens (primary N) is 2. The highest BCUT2D eigenvalue weighted by Gasteiger charge is 2.26. The molecule has 15 heavy (non-hydrogen) atoms. The number of nitrogens with one attached hydrogen (secondary N) is 1. The van der Waals surface area contributed by atoms with E-state index < -0.39 is 30.0 Å². The number of carbonyl (C=O) groups excluding carboxylic acids is 2. The maximum absolute atomic E-state index is 11.4. The van der Waals surface area contributed by atoms with Crippen LogP contribution >= 0.6 is 0 Å². The van der Waals surface area contributed by atoms with Crippen molar-refractivity contribution in [2.45, 2.75) is 39.0 Å². The Labute approximate surface area is 89.0 Å². The fraction of sp³-hybridized carbons (Fsp3) is 0.778. The van der Waals surface area contributed by atoms with E-state index in [-0.39, 0.29) is 5.92 Å². The van der Waals surface area contributed by atoms with Crippen molar-refractivity contribution in [3.8, 4) is 0 Å². The van der Waals surface area contributed by atoms with E-state index in [0.29, 0.717) is 0 Å². The Morgan fingerprint density at radius 2 is 1.73 bits per heavy atom. The Hall–Kier alpha value is -1.14. The molecule has 0 bridgehead atoms. The first kappa shape index (κ1) is 13.9. The van der Waals surface area contributed by atoms with Gasteiger partial charge < -0.3 is 21.9 Å². The van der Waals surface area contributed by atoms with Crippen molar-refractivity contribution in [3.63, 3.8) is 0 Å². The number of amides is 2. The SMILES string of the molecule is CC(C)C(N)C(=O)NC(C(N)=O)C(C)O. The normalized spacial score (nSPS) is 16.9. The van der Waals surface area contributed by atoms with Gasteiger partial charge in [-0.1, -0.05) is 13.8 Å². The molecule has 3 unspecified atom stereocenters. The largest absolute Gasteiger partial charge is 0.391 e. The van der Waals surface area contributed by atoms with Crippen molar-refractivity contribution >= 4 is 11.8 Å². The first-order chi connectivity index (χ1) is 6.77. The highest BCUT2D eigenvalue weighted by molar-refractivity contribution is 5.89. The summed E-state index contributed by atoms with van der Waals surface area (Å²) in [6.45, 7) is 4.94. The van der Waals surface area contributed by atoms with Gasteiger partial charge in [0.25, 0.3) is 0 Å². The molecule has 6 heteroatoms. The predicted octanol–water partition coefficient (Wildman–Crippen LogP) is -1.68. The standard InChI is InChI=1S/C9H19N3O3/c1-4(2)6(10)9(15)12-7(5(3)13)8(11)14/h4-7,13H,10H2,1-3H3,(H2,11,14)(H,12,15). The number of hydrogen-bond donors (Lipinski definition) is 4. The minimum atomic E-state index is -1.10. The topological polar surface area (TPSA) is 118 Å². The molecule has 0 fully saturated rings. The Bertz CT molecular complexity index is 241. The van der Waals surface area contributed by atoms with Crippen LogP contribution in [-0.2, 0) is 9.59 Å². The van der Waals surface area contributed by atoms with Crippen molar-refractivity contribution in [3.05, 3.63) is 0 Å². The molecule has 0 rings (SSSR count). The zero-order chi connectivity index (χ0) is 12.2. The third-order valence-corrected chi connectivity index (χ3v) is 2.11. The van der Waals surface area contributed by atoms with Gasteiger partial charge in [0.15, 0.2) is 0 Å². The fourth-order valence-electron chi connectivity index (χ4n) is 0.982. The van der Waals surface area contributed by atoms with Gasteiger partial charge in [-0.25, -0.2) is 0 Å². The zero-order valence-corrected chi connectivity index (χ0v) is 9.23. The summed E-state index contributed by atoms with van der Waals surface area (Å²) in [5.74, 6) is -1.32. The first-order valence-electron chi connectivity index (χ1n) is 4.80. The van der Waals surface area contributed by atoms with Crippen LogP contribution in [0.2, 0.25) is 0 Å². The molecule has 0 radical (unpaired) electrons. The molecule has 3 atom stereocenters. The second-order valence-electron chi connectivity index (χ2n) is 3.90. The van der Waals surface area contributed by atoms with Gasteiger partial charge in [-0.15, -0.1) is 0 Å². The number of rotatable bonds is 5. The summed E-state index contributed by atoms with van der Waals surface area (Å²) < 4.78 is 0. The van der Waals surface area contributed by atoms with E-state index in [0.717, 1.165) is 0 Å². The predicted molar refractivity (Wildman–Crippen MR) is 55.6 cm³/mol. The molecular weight excluding hydrogens is 198 g/mol. The summed E-state index contributed by atoms with van der Waals surface area (Å²) in [6, 6.07) is -1.81.